The number of nitrogens with one attached hydrogen (secondary N) is 1. The Morgan fingerprint density at radius 3 is 2.38 bits per heavy atom. The van der Waals surface area contributed by atoms with E-state index in [9.17, 15) is 4.79 Å². The van der Waals surface area contributed by atoms with E-state index in [2.05, 4.69) is 5.32 Å². The average molecular weight is 233 g/mol. The number of hydrogen-bond acceptors (Lipinski definition) is 4. The van der Waals surface area contributed by atoms with Gasteiger partial charge in [0.15, 0.2) is 6.29 Å². The Morgan fingerprint density at radius 1 is 1.25 bits per heavy atom. The summed E-state index contributed by atoms with van der Waals surface area (Å²) < 4.78 is 15.5. The molecule has 0 aliphatic heterocycles. The number of hydrogen-bond donors (Lipinski definition) is 1. The zero-order valence-corrected chi connectivity index (χ0v) is 10.5. The molecule has 0 heterocycles. The second-order valence-electron chi connectivity index (χ2n) is 3.24. The highest BCUT2D eigenvalue weighted by atomic mass is 16.7. The summed E-state index contributed by atoms with van der Waals surface area (Å²) >= 11 is 0. The van der Waals surface area contributed by atoms with Gasteiger partial charge in [-0.15, -0.1) is 0 Å². The molecule has 0 bridgehead atoms. The van der Waals surface area contributed by atoms with E-state index in [4.69, 9.17) is 14.2 Å². The molecule has 0 aromatic rings. The zero-order chi connectivity index (χ0) is 12.2. The zero-order valence-electron chi connectivity index (χ0n) is 10.5. The highest BCUT2D eigenvalue weighted by molar-refractivity contribution is 5.75. The molecule has 5 heteroatoms. The fourth-order valence-corrected chi connectivity index (χ4v) is 1.20. The number of carbonyl (C=O) groups is 1. The number of methoxy groups -OCH3 is 1. The van der Waals surface area contributed by atoms with Crippen LogP contribution in [0.2, 0.25) is 0 Å². The molecule has 0 fully saturated rings. The first-order chi connectivity index (χ1) is 7.74. The summed E-state index contributed by atoms with van der Waals surface area (Å²) in [6, 6.07) is 0. The van der Waals surface area contributed by atoms with E-state index < -0.39 is 0 Å². The minimum Gasteiger partial charge on any atom is -0.385 e. The Bertz CT molecular complexity index is 169. The number of amides is 1. The minimum absolute atomic E-state index is 0.00135. The van der Waals surface area contributed by atoms with Crippen LogP contribution in [-0.2, 0) is 19.0 Å². The van der Waals surface area contributed by atoms with E-state index in [1.54, 1.807) is 7.11 Å². The maximum Gasteiger partial charge on any atom is 0.220 e. The quantitative estimate of drug-likeness (QED) is 0.450. The molecule has 1 amide bonds. The van der Waals surface area contributed by atoms with Crippen molar-refractivity contribution in [1.82, 2.24) is 5.32 Å². The fraction of sp³-hybridized carbons (Fsp3) is 0.909. The predicted octanol–water partition coefficient (Wildman–Crippen LogP) is 0.928. The van der Waals surface area contributed by atoms with E-state index in [-0.39, 0.29) is 12.2 Å². The summed E-state index contributed by atoms with van der Waals surface area (Å²) in [5.41, 5.74) is 0. The summed E-state index contributed by atoms with van der Waals surface area (Å²) in [5, 5.41) is 2.77. The van der Waals surface area contributed by atoms with Crippen LogP contribution < -0.4 is 5.32 Å². The van der Waals surface area contributed by atoms with Gasteiger partial charge in [-0.25, -0.2) is 0 Å². The Kier molecular flexibility index (Phi) is 10.4. The molecule has 1 N–H and O–H groups in total. The summed E-state index contributed by atoms with van der Waals surface area (Å²) in [5.74, 6) is 0.00135. The number of carbonyl (C=O) groups excluding carboxylic acids is 1. The molecule has 96 valence electrons. The van der Waals surface area contributed by atoms with Crippen LogP contribution in [0, 0.1) is 0 Å². The summed E-state index contributed by atoms with van der Waals surface area (Å²) in [7, 11) is 1.62. The van der Waals surface area contributed by atoms with Crippen molar-refractivity contribution < 1.29 is 19.0 Å². The van der Waals surface area contributed by atoms with Crippen LogP contribution in [0.15, 0.2) is 0 Å². The lowest BCUT2D eigenvalue weighted by molar-refractivity contribution is -0.140. The highest BCUT2D eigenvalue weighted by Crippen LogP contribution is 1.95. The molecule has 0 aromatic heterocycles. The Labute approximate surface area is 97.4 Å². The molecule has 0 rings (SSSR count). The normalized spacial score (nSPS) is 10.8. The van der Waals surface area contributed by atoms with Crippen molar-refractivity contribution in [3.8, 4) is 0 Å². The van der Waals surface area contributed by atoms with Gasteiger partial charge in [-0.2, -0.15) is 0 Å². The molecule has 0 unspecified atom stereocenters. The maximum absolute atomic E-state index is 11.4. The van der Waals surface area contributed by atoms with Gasteiger partial charge in [0.1, 0.15) is 0 Å². The molecule has 0 aromatic carbocycles. The second kappa shape index (κ2) is 10.9. The third kappa shape index (κ3) is 8.64. The lowest BCUT2D eigenvalue weighted by Crippen LogP contribution is -2.35. The largest absolute Gasteiger partial charge is 0.385 e. The molecule has 5 nitrogen and oxygen atoms in total. The van der Waals surface area contributed by atoms with E-state index in [0.717, 1.165) is 6.42 Å². The van der Waals surface area contributed by atoms with Gasteiger partial charge in [-0.1, -0.05) is 0 Å². The molecule has 0 saturated heterocycles. The Morgan fingerprint density at radius 2 is 1.88 bits per heavy atom. The highest BCUT2D eigenvalue weighted by Gasteiger charge is 2.09. The van der Waals surface area contributed by atoms with Crippen LogP contribution in [0.25, 0.3) is 0 Å². The first-order valence-corrected chi connectivity index (χ1v) is 5.73. The Balaban J connectivity index is 3.60. The van der Waals surface area contributed by atoms with Gasteiger partial charge in [0.2, 0.25) is 5.91 Å². The topological polar surface area (TPSA) is 56.8 Å². The minimum atomic E-state index is -0.346. The molecule has 0 aliphatic carbocycles. The van der Waals surface area contributed by atoms with Crippen molar-refractivity contribution in [2.24, 2.45) is 0 Å². The third-order valence-electron chi connectivity index (χ3n) is 1.92. The molecule has 16 heavy (non-hydrogen) atoms. The van der Waals surface area contributed by atoms with Crippen LogP contribution in [0.3, 0.4) is 0 Å². The standard InChI is InChI=1S/C11H23NO4/c1-4-15-11(16-5-2)9-12-10(13)7-6-8-14-3/h11H,4-9H2,1-3H3,(H,12,13). The molecular formula is C11H23NO4. The monoisotopic (exact) mass is 233 g/mol. The molecular weight excluding hydrogens is 210 g/mol. The van der Waals surface area contributed by atoms with Gasteiger partial charge in [0, 0.05) is 33.4 Å². The van der Waals surface area contributed by atoms with Crippen LogP contribution in [-0.4, -0.2) is 45.7 Å². The van der Waals surface area contributed by atoms with Gasteiger partial charge in [-0.3, -0.25) is 4.79 Å². The number of ether oxygens (including phenoxy) is 3. The van der Waals surface area contributed by atoms with Crippen LogP contribution >= 0.6 is 0 Å². The van der Waals surface area contributed by atoms with E-state index >= 15 is 0 Å². The first-order valence-electron chi connectivity index (χ1n) is 5.73. The maximum atomic E-state index is 11.4. The molecule has 0 spiro atoms. The van der Waals surface area contributed by atoms with Gasteiger partial charge in [0.05, 0.1) is 6.54 Å². The van der Waals surface area contributed by atoms with Gasteiger partial charge in [0.25, 0.3) is 0 Å². The van der Waals surface area contributed by atoms with Crippen LogP contribution in [0.5, 0.6) is 0 Å². The molecule has 0 saturated carbocycles. The molecule has 0 radical (unpaired) electrons. The summed E-state index contributed by atoms with van der Waals surface area (Å²) in [4.78, 5) is 11.4. The Hall–Kier alpha value is -0.650. The van der Waals surface area contributed by atoms with E-state index in [1.165, 1.54) is 0 Å². The summed E-state index contributed by atoms with van der Waals surface area (Å²) in [6.07, 6.45) is 0.858. The van der Waals surface area contributed by atoms with Crippen molar-refractivity contribution in [2.45, 2.75) is 33.0 Å². The van der Waals surface area contributed by atoms with Gasteiger partial charge >= 0.3 is 0 Å². The SMILES string of the molecule is CCOC(CNC(=O)CCCOC)OCC. The van der Waals surface area contributed by atoms with Crippen molar-refractivity contribution in [3.05, 3.63) is 0 Å². The van der Waals surface area contributed by atoms with Crippen molar-refractivity contribution in [1.29, 1.82) is 0 Å². The van der Waals surface area contributed by atoms with Crippen LogP contribution in [0.1, 0.15) is 26.7 Å². The summed E-state index contributed by atoms with van der Waals surface area (Å²) in [6.45, 7) is 5.94. The van der Waals surface area contributed by atoms with Gasteiger partial charge < -0.3 is 19.5 Å². The van der Waals surface area contributed by atoms with E-state index in [0.29, 0.717) is 32.8 Å². The smallest absolute Gasteiger partial charge is 0.220 e. The van der Waals surface area contributed by atoms with Crippen molar-refractivity contribution >= 4 is 5.91 Å². The first kappa shape index (κ1) is 15.3. The van der Waals surface area contributed by atoms with Crippen molar-refractivity contribution in [3.63, 3.8) is 0 Å². The van der Waals surface area contributed by atoms with Crippen LogP contribution in [0.4, 0.5) is 0 Å². The van der Waals surface area contributed by atoms with Crippen molar-refractivity contribution in [2.75, 3.05) is 33.5 Å². The lowest BCUT2D eigenvalue weighted by Gasteiger charge is -2.17. The number of rotatable bonds is 10. The average Bonchev–Trinajstić information content (AvgIpc) is 2.27. The van der Waals surface area contributed by atoms with E-state index in [1.807, 2.05) is 13.8 Å². The fourth-order valence-electron chi connectivity index (χ4n) is 1.20. The lowest BCUT2D eigenvalue weighted by atomic mass is 10.3. The third-order valence-corrected chi connectivity index (χ3v) is 1.92. The predicted molar refractivity (Wildman–Crippen MR) is 61.2 cm³/mol. The molecule has 0 aliphatic rings. The molecule has 0 atom stereocenters. The van der Waals surface area contributed by atoms with Gasteiger partial charge in [-0.05, 0) is 20.3 Å². The second-order valence-corrected chi connectivity index (χ2v) is 3.24.